The van der Waals surface area contributed by atoms with E-state index in [2.05, 4.69) is 15.5 Å². The largest absolute Gasteiger partial charge is 0.478 e. The van der Waals surface area contributed by atoms with Crippen LogP contribution in [-0.2, 0) is 0 Å². The molecule has 1 aromatic carbocycles. The Labute approximate surface area is 124 Å². The minimum Gasteiger partial charge on any atom is -0.478 e. The Hall–Kier alpha value is -2.67. The van der Waals surface area contributed by atoms with Gasteiger partial charge in [0, 0.05) is 18.1 Å². The highest BCUT2D eigenvalue weighted by molar-refractivity contribution is 6.31. The molecular weight excluding hydrogens is 298 g/mol. The summed E-state index contributed by atoms with van der Waals surface area (Å²) in [6.45, 7) is 0. The fourth-order valence-corrected chi connectivity index (χ4v) is 1.67. The molecule has 8 heteroatoms. The van der Waals surface area contributed by atoms with Crippen LogP contribution < -0.4 is 10.1 Å². The molecule has 0 radical (unpaired) electrons. The van der Waals surface area contributed by atoms with E-state index in [-0.39, 0.29) is 33.8 Å². The van der Waals surface area contributed by atoms with Crippen molar-refractivity contribution < 1.29 is 19.4 Å². The molecule has 2 aromatic rings. The number of carbonyl (C=O) groups excluding carboxylic acids is 1. The second-order valence-corrected chi connectivity index (χ2v) is 4.32. The Kier molecular flexibility index (Phi) is 4.34. The number of hydrogen-bond donors (Lipinski definition) is 2. The lowest BCUT2D eigenvalue weighted by atomic mass is 10.2. The molecule has 21 heavy (non-hydrogen) atoms. The Morgan fingerprint density at radius 3 is 2.57 bits per heavy atom. The van der Waals surface area contributed by atoms with E-state index in [1.807, 2.05) is 0 Å². The molecule has 0 saturated heterocycles. The number of nitrogens with zero attached hydrogens (tertiary/aromatic N) is 2. The topological polar surface area (TPSA) is 101 Å². The zero-order chi connectivity index (χ0) is 15.4. The van der Waals surface area contributed by atoms with Gasteiger partial charge >= 0.3 is 5.97 Å². The van der Waals surface area contributed by atoms with Gasteiger partial charge in [-0.05, 0) is 24.3 Å². The van der Waals surface area contributed by atoms with Crippen molar-refractivity contribution in [1.82, 2.24) is 15.5 Å². The number of nitrogens with one attached hydrogen (secondary N) is 1. The summed E-state index contributed by atoms with van der Waals surface area (Å²) >= 11 is 5.74. The van der Waals surface area contributed by atoms with Crippen LogP contribution in [0.5, 0.6) is 11.6 Å². The zero-order valence-corrected chi connectivity index (χ0v) is 11.6. The maximum absolute atomic E-state index is 11.3. The molecule has 0 bridgehead atoms. The summed E-state index contributed by atoms with van der Waals surface area (Å²) in [5, 5.41) is 19.2. The van der Waals surface area contributed by atoms with Crippen LogP contribution >= 0.6 is 11.6 Å². The molecule has 2 N–H and O–H groups in total. The lowest BCUT2D eigenvalue weighted by Crippen LogP contribution is -2.19. The predicted molar refractivity (Wildman–Crippen MR) is 73.9 cm³/mol. The van der Waals surface area contributed by atoms with Crippen molar-refractivity contribution >= 4 is 23.5 Å². The Morgan fingerprint density at radius 2 is 2.00 bits per heavy atom. The smallest absolute Gasteiger partial charge is 0.339 e. The highest BCUT2D eigenvalue weighted by atomic mass is 35.5. The Bertz CT molecular complexity index is 688. The second-order valence-electron chi connectivity index (χ2n) is 3.88. The van der Waals surface area contributed by atoms with Gasteiger partial charge in [-0.2, -0.15) is 0 Å². The number of amides is 1. The average molecular weight is 308 g/mol. The lowest BCUT2D eigenvalue weighted by Gasteiger charge is -2.08. The van der Waals surface area contributed by atoms with E-state index in [9.17, 15) is 9.59 Å². The molecule has 0 aliphatic heterocycles. The van der Waals surface area contributed by atoms with Crippen molar-refractivity contribution in [2.75, 3.05) is 7.05 Å². The van der Waals surface area contributed by atoms with Gasteiger partial charge in [0.1, 0.15) is 11.3 Å². The summed E-state index contributed by atoms with van der Waals surface area (Å²) in [6.07, 6.45) is 0. The van der Waals surface area contributed by atoms with E-state index < -0.39 is 5.97 Å². The van der Waals surface area contributed by atoms with E-state index in [0.29, 0.717) is 0 Å². The summed E-state index contributed by atoms with van der Waals surface area (Å²) in [5.74, 6) is -1.42. The maximum Gasteiger partial charge on any atom is 0.339 e. The number of aromatic nitrogens is 2. The third-order valence-corrected chi connectivity index (χ3v) is 2.72. The van der Waals surface area contributed by atoms with Crippen LogP contribution in [0.4, 0.5) is 0 Å². The fourth-order valence-electron chi connectivity index (χ4n) is 1.49. The van der Waals surface area contributed by atoms with Crippen molar-refractivity contribution in [1.29, 1.82) is 0 Å². The van der Waals surface area contributed by atoms with E-state index >= 15 is 0 Å². The number of ether oxygens (including phenoxy) is 1. The normalized spacial score (nSPS) is 10.0. The maximum atomic E-state index is 11.3. The van der Waals surface area contributed by atoms with Crippen LogP contribution in [0.1, 0.15) is 20.8 Å². The Balaban J connectivity index is 2.26. The van der Waals surface area contributed by atoms with Crippen LogP contribution in [0.2, 0.25) is 5.02 Å². The van der Waals surface area contributed by atoms with Gasteiger partial charge in [0.25, 0.3) is 5.91 Å². The third-order valence-electron chi connectivity index (χ3n) is 2.49. The van der Waals surface area contributed by atoms with Crippen LogP contribution in [-0.4, -0.2) is 34.2 Å². The van der Waals surface area contributed by atoms with Crippen molar-refractivity contribution in [3.63, 3.8) is 0 Å². The first kappa shape index (κ1) is 14.7. The second kappa shape index (κ2) is 6.19. The van der Waals surface area contributed by atoms with Gasteiger partial charge in [0.15, 0.2) is 5.69 Å². The summed E-state index contributed by atoms with van der Waals surface area (Å²) in [4.78, 5) is 22.4. The highest BCUT2D eigenvalue weighted by Crippen LogP contribution is 2.26. The minimum absolute atomic E-state index is 0.0625. The molecule has 0 unspecified atom stereocenters. The van der Waals surface area contributed by atoms with Gasteiger partial charge in [0.2, 0.25) is 5.88 Å². The number of halogens is 1. The molecule has 2 rings (SSSR count). The molecule has 108 valence electrons. The molecule has 0 spiro atoms. The number of carbonyl (C=O) groups is 2. The number of aromatic carboxylic acids is 1. The summed E-state index contributed by atoms with van der Waals surface area (Å²) < 4.78 is 5.35. The fraction of sp³-hybridized carbons (Fsp3) is 0.0769. The van der Waals surface area contributed by atoms with Gasteiger partial charge in [-0.1, -0.05) is 11.6 Å². The van der Waals surface area contributed by atoms with Crippen molar-refractivity contribution in [3.05, 3.63) is 46.6 Å². The first-order valence-electron chi connectivity index (χ1n) is 5.78. The molecule has 0 atom stereocenters. The van der Waals surface area contributed by atoms with Gasteiger partial charge in [-0.25, -0.2) is 4.79 Å². The van der Waals surface area contributed by atoms with E-state index in [1.54, 1.807) is 0 Å². The van der Waals surface area contributed by atoms with Gasteiger partial charge in [0.05, 0.1) is 0 Å². The molecule has 0 aliphatic carbocycles. The van der Waals surface area contributed by atoms with E-state index in [1.165, 1.54) is 37.4 Å². The number of rotatable bonds is 4. The molecule has 0 fully saturated rings. The summed E-state index contributed by atoms with van der Waals surface area (Å²) in [5.41, 5.74) is 0.0269. The standard InChI is InChI=1S/C13H10ClN3O4/c1-15-12(18)9-3-5-11(17-16-9)21-10-4-2-7(14)6-8(10)13(19)20/h2-6H,1H3,(H,15,18)(H,19,20). The highest BCUT2D eigenvalue weighted by Gasteiger charge is 2.14. The van der Waals surface area contributed by atoms with Gasteiger partial charge in [-0.3, -0.25) is 4.79 Å². The van der Waals surface area contributed by atoms with Crippen LogP contribution in [0, 0.1) is 0 Å². The van der Waals surface area contributed by atoms with Gasteiger partial charge < -0.3 is 15.2 Å². The number of hydrogen-bond acceptors (Lipinski definition) is 5. The summed E-state index contributed by atoms with van der Waals surface area (Å²) in [7, 11) is 1.47. The molecule has 1 heterocycles. The first-order chi connectivity index (χ1) is 10.0. The first-order valence-corrected chi connectivity index (χ1v) is 6.15. The molecule has 1 amide bonds. The number of benzene rings is 1. The van der Waals surface area contributed by atoms with E-state index in [0.717, 1.165) is 0 Å². The zero-order valence-electron chi connectivity index (χ0n) is 10.8. The van der Waals surface area contributed by atoms with Gasteiger partial charge in [-0.15, -0.1) is 10.2 Å². The van der Waals surface area contributed by atoms with Crippen LogP contribution in [0.25, 0.3) is 0 Å². The van der Waals surface area contributed by atoms with Crippen molar-refractivity contribution in [3.8, 4) is 11.6 Å². The molecule has 0 aliphatic rings. The van der Waals surface area contributed by atoms with Crippen LogP contribution in [0.3, 0.4) is 0 Å². The van der Waals surface area contributed by atoms with Crippen LogP contribution in [0.15, 0.2) is 30.3 Å². The number of carboxylic acids is 1. The monoisotopic (exact) mass is 307 g/mol. The predicted octanol–water partition coefficient (Wildman–Crippen LogP) is 1.98. The lowest BCUT2D eigenvalue weighted by molar-refractivity contribution is 0.0694. The molecule has 1 aromatic heterocycles. The van der Waals surface area contributed by atoms with Crippen molar-refractivity contribution in [2.24, 2.45) is 0 Å². The Morgan fingerprint density at radius 1 is 1.24 bits per heavy atom. The molecule has 7 nitrogen and oxygen atoms in total. The summed E-state index contributed by atoms with van der Waals surface area (Å²) in [6, 6.07) is 7.01. The van der Waals surface area contributed by atoms with E-state index in [4.69, 9.17) is 21.4 Å². The average Bonchev–Trinajstić information content (AvgIpc) is 2.49. The minimum atomic E-state index is -1.18. The SMILES string of the molecule is CNC(=O)c1ccc(Oc2ccc(Cl)cc2C(=O)O)nn1. The third kappa shape index (κ3) is 3.46. The quantitative estimate of drug-likeness (QED) is 0.895. The number of carboxylic acid groups (broad SMARTS) is 1. The van der Waals surface area contributed by atoms with Crippen molar-refractivity contribution in [2.45, 2.75) is 0 Å². The molecular formula is C13H10ClN3O4. The molecule has 0 saturated carbocycles.